The Bertz CT molecular complexity index is 833. The molecule has 0 unspecified atom stereocenters. The van der Waals surface area contributed by atoms with Crippen molar-refractivity contribution in [3.8, 4) is 0 Å². The van der Waals surface area contributed by atoms with Gasteiger partial charge in [-0.25, -0.2) is 4.79 Å². The first kappa shape index (κ1) is 18.4. The lowest BCUT2D eigenvalue weighted by Gasteiger charge is -2.13. The number of ether oxygens (including phenoxy) is 1. The number of esters is 1. The molecule has 0 saturated carbocycles. The van der Waals surface area contributed by atoms with E-state index in [0.29, 0.717) is 10.7 Å². The van der Waals surface area contributed by atoms with Crippen molar-refractivity contribution in [3.63, 3.8) is 0 Å². The van der Waals surface area contributed by atoms with Crippen LogP contribution in [-0.2, 0) is 17.6 Å². The second-order valence-corrected chi connectivity index (χ2v) is 8.34. The molecule has 132 valence electrons. The maximum atomic E-state index is 12.3. The van der Waals surface area contributed by atoms with Crippen LogP contribution < -0.4 is 10.6 Å². The Labute approximate surface area is 165 Å². The Kier molecular flexibility index (Phi) is 5.76. The lowest BCUT2D eigenvalue weighted by Crippen LogP contribution is -2.20. The van der Waals surface area contributed by atoms with Gasteiger partial charge in [0.25, 0.3) is 0 Å². The number of hydrogen-bond acceptors (Lipinski definition) is 4. The summed E-state index contributed by atoms with van der Waals surface area (Å²) >= 11 is 10.6. The molecular weight excluding hydrogens is 420 g/mol. The molecule has 1 aliphatic rings. The summed E-state index contributed by atoms with van der Waals surface area (Å²) in [5.74, 6) is -0.304. The van der Waals surface area contributed by atoms with Gasteiger partial charge in [-0.3, -0.25) is 0 Å². The van der Waals surface area contributed by atoms with E-state index in [1.807, 2.05) is 25.1 Å². The average molecular weight is 439 g/mol. The first-order valence-electron chi connectivity index (χ1n) is 8.06. The normalized spacial score (nSPS) is 13.1. The van der Waals surface area contributed by atoms with Crippen LogP contribution in [0.3, 0.4) is 0 Å². The molecule has 0 atom stereocenters. The first-order valence-corrected chi connectivity index (χ1v) is 10.1. The number of carbonyl (C=O) groups excluding carboxylic acids is 1. The smallest absolute Gasteiger partial charge is 0.341 e. The SMILES string of the molecule is COC(=O)c1c(NC(=S)Nc2ccc(C)cc2Br)sc2c1CCCC2. The summed E-state index contributed by atoms with van der Waals surface area (Å²) in [4.78, 5) is 13.5. The van der Waals surface area contributed by atoms with Crippen LogP contribution >= 0.6 is 39.5 Å². The molecule has 25 heavy (non-hydrogen) atoms. The number of rotatable bonds is 3. The number of benzene rings is 1. The Morgan fingerprint density at radius 2 is 2.04 bits per heavy atom. The molecule has 1 heterocycles. The van der Waals surface area contributed by atoms with Gasteiger partial charge in [0, 0.05) is 9.35 Å². The number of anilines is 2. The van der Waals surface area contributed by atoms with Gasteiger partial charge in [-0.05, 0) is 84.0 Å². The van der Waals surface area contributed by atoms with Gasteiger partial charge in [0.05, 0.1) is 18.4 Å². The predicted molar refractivity (Wildman–Crippen MR) is 111 cm³/mol. The number of hydrogen-bond donors (Lipinski definition) is 2. The fraction of sp³-hybridized carbons (Fsp3) is 0.333. The second kappa shape index (κ2) is 7.85. The topological polar surface area (TPSA) is 50.4 Å². The van der Waals surface area contributed by atoms with Gasteiger partial charge >= 0.3 is 5.97 Å². The lowest BCUT2D eigenvalue weighted by atomic mass is 9.95. The van der Waals surface area contributed by atoms with E-state index >= 15 is 0 Å². The highest BCUT2D eigenvalue weighted by atomic mass is 79.9. The predicted octanol–water partition coefficient (Wildman–Crippen LogP) is 5.29. The number of aryl methyl sites for hydroxylation is 2. The molecule has 4 nitrogen and oxygen atoms in total. The molecule has 2 aromatic rings. The molecule has 0 spiro atoms. The molecular formula is C18H19BrN2O2S2. The number of thiocarbonyl (C=S) groups is 1. The molecule has 0 bridgehead atoms. The van der Waals surface area contributed by atoms with Crippen LogP contribution in [-0.4, -0.2) is 18.2 Å². The van der Waals surface area contributed by atoms with Crippen molar-refractivity contribution in [1.29, 1.82) is 0 Å². The summed E-state index contributed by atoms with van der Waals surface area (Å²) in [6, 6.07) is 6.00. The zero-order valence-electron chi connectivity index (χ0n) is 14.1. The average Bonchev–Trinajstić information content (AvgIpc) is 2.94. The van der Waals surface area contributed by atoms with E-state index < -0.39 is 0 Å². The molecule has 0 amide bonds. The molecule has 1 aliphatic carbocycles. The Morgan fingerprint density at radius 1 is 1.28 bits per heavy atom. The zero-order chi connectivity index (χ0) is 18.0. The maximum Gasteiger partial charge on any atom is 0.341 e. The van der Waals surface area contributed by atoms with Crippen LogP contribution in [0.1, 0.15) is 39.2 Å². The fourth-order valence-corrected chi connectivity index (χ4v) is 5.10. The quantitative estimate of drug-likeness (QED) is 0.503. The number of thiophene rings is 1. The van der Waals surface area contributed by atoms with E-state index in [9.17, 15) is 4.79 Å². The number of methoxy groups -OCH3 is 1. The van der Waals surface area contributed by atoms with Crippen molar-refractivity contribution in [2.75, 3.05) is 17.7 Å². The first-order chi connectivity index (χ1) is 12.0. The zero-order valence-corrected chi connectivity index (χ0v) is 17.3. The molecule has 1 aromatic heterocycles. The molecule has 3 rings (SSSR count). The van der Waals surface area contributed by atoms with Crippen molar-refractivity contribution < 1.29 is 9.53 Å². The van der Waals surface area contributed by atoms with Gasteiger partial charge in [-0.15, -0.1) is 11.3 Å². The van der Waals surface area contributed by atoms with Crippen LogP contribution in [0.25, 0.3) is 0 Å². The Balaban J connectivity index is 1.83. The van der Waals surface area contributed by atoms with Gasteiger partial charge < -0.3 is 15.4 Å². The maximum absolute atomic E-state index is 12.3. The minimum absolute atomic E-state index is 0.304. The van der Waals surface area contributed by atoms with Crippen molar-refractivity contribution in [2.45, 2.75) is 32.6 Å². The van der Waals surface area contributed by atoms with E-state index in [1.54, 1.807) is 11.3 Å². The van der Waals surface area contributed by atoms with Crippen molar-refractivity contribution in [1.82, 2.24) is 0 Å². The van der Waals surface area contributed by atoms with Crippen LogP contribution in [0.2, 0.25) is 0 Å². The summed E-state index contributed by atoms with van der Waals surface area (Å²) in [6.07, 6.45) is 4.19. The van der Waals surface area contributed by atoms with Crippen LogP contribution in [0.5, 0.6) is 0 Å². The minimum atomic E-state index is -0.304. The molecule has 0 saturated heterocycles. The highest BCUT2D eigenvalue weighted by molar-refractivity contribution is 9.10. The standard InChI is InChI=1S/C18H19BrN2O2S2/c1-10-7-8-13(12(19)9-10)20-18(24)21-16-15(17(22)23-2)11-5-3-4-6-14(11)25-16/h7-9H,3-6H2,1-2H3,(H2,20,21,24). The molecule has 0 aliphatic heterocycles. The number of halogens is 1. The molecule has 2 N–H and O–H groups in total. The number of carbonyl (C=O) groups is 1. The lowest BCUT2D eigenvalue weighted by molar-refractivity contribution is 0.0601. The van der Waals surface area contributed by atoms with Crippen LogP contribution in [0.4, 0.5) is 10.7 Å². The molecule has 0 fully saturated rings. The van der Waals surface area contributed by atoms with Gasteiger partial charge in [0.1, 0.15) is 5.00 Å². The minimum Gasteiger partial charge on any atom is -0.465 e. The second-order valence-electron chi connectivity index (χ2n) is 5.97. The summed E-state index contributed by atoms with van der Waals surface area (Å²) in [5, 5.41) is 7.58. The monoisotopic (exact) mass is 438 g/mol. The van der Waals surface area contributed by atoms with E-state index in [1.165, 1.54) is 12.0 Å². The largest absolute Gasteiger partial charge is 0.465 e. The summed E-state index contributed by atoms with van der Waals surface area (Å²) in [7, 11) is 1.42. The van der Waals surface area contributed by atoms with E-state index in [2.05, 4.69) is 26.6 Å². The van der Waals surface area contributed by atoms with E-state index in [4.69, 9.17) is 17.0 Å². The van der Waals surface area contributed by atoms with E-state index in [-0.39, 0.29) is 5.97 Å². The Morgan fingerprint density at radius 3 is 2.76 bits per heavy atom. The van der Waals surface area contributed by atoms with Gasteiger partial charge in [-0.2, -0.15) is 0 Å². The Hall–Kier alpha value is -1.44. The number of fused-ring (bicyclic) bond motifs is 1. The highest BCUT2D eigenvalue weighted by Gasteiger charge is 2.26. The van der Waals surface area contributed by atoms with Gasteiger partial charge in [0.2, 0.25) is 0 Å². The van der Waals surface area contributed by atoms with Crippen molar-refractivity contribution in [3.05, 3.63) is 44.2 Å². The molecule has 0 radical (unpaired) electrons. The summed E-state index contributed by atoms with van der Waals surface area (Å²) in [6.45, 7) is 2.03. The molecule has 7 heteroatoms. The third-order valence-electron chi connectivity index (χ3n) is 4.16. The fourth-order valence-electron chi connectivity index (χ4n) is 2.95. The van der Waals surface area contributed by atoms with Crippen molar-refractivity contribution >= 4 is 61.3 Å². The van der Waals surface area contributed by atoms with Gasteiger partial charge in [0.15, 0.2) is 5.11 Å². The van der Waals surface area contributed by atoms with Gasteiger partial charge in [-0.1, -0.05) is 6.07 Å². The number of nitrogens with one attached hydrogen (secondary N) is 2. The highest BCUT2D eigenvalue weighted by Crippen LogP contribution is 2.38. The van der Waals surface area contributed by atoms with Crippen LogP contribution in [0.15, 0.2) is 22.7 Å². The molecule has 1 aromatic carbocycles. The van der Waals surface area contributed by atoms with E-state index in [0.717, 1.165) is 52.0 Å². The third kappa shape index (κ3) is 4.04. The third-order valence-corrected chi connectivity index (χ3v) is 6.23. The summed E-state index contributed by atoms with van der Waals surface area (Å²) < 4.78 is 5.93. The van der Waals surface area contributed by atoms with Crippen molar-refractivity contribution in [2.24, 2.45) is 0 Å². The van der Waals surface area contributed by atoms with Crippen LogP contribution in [0, 0.1) is 6.92 Å². The summed E-state index contributed by atoms with van der Waals surface area (Å²) in [5.41, 5.74) is 3.79.